The van der Waals surface area contributed by atoms with Gasteiger partial charge in [-0.1, -0.05) is 46.5 Å². The van der Waals surface area contributed by atoms with Crippen LogP contribution < -0.4 is 5.32 Å². The summed E-state index contributed by atoms with van der Waals surface area (Å²) < 4.78 is 5.46. The van der Waals surface area contributed by atoms with Crippen molar-refractivity contribution in [2.45, 2.75) is 85.1 Å². The molecule has 0 radical (unpaired) electrons. The molecule has 0 fully saturated rings. The van der Waals surface area contributed by atoms with E-state index in [9.17, 15) is 0 Å². The van der Waals surface area contributed by atoms with Gasteiger partial charge in [0.1, 0.15) is 0 Å². The molecule has 0 aliphatic rings. The maximum atomic E-state index is 5.46. The molecule has 0 aromatic rings. The second-order valence-corrected chi connectivity index (χ2v) is 5.64. The molecule has 19 heavy (non-hydrogen) atoms. The number of nitrogens with one attached hydrogen (secondary N) is 1. The van der Waals surface area contributed by atoms with E-state index in [2.05, 4.69) is 33.0 Å². The van der Waals surface area contributed by atoms with Crippen LogP contribution >= 0.6 is 0 Å². The van der Waals surface area contributed by atoms with E-state index in [-0.39, 0.29) is 0 Å². The van der Waals surface area contributed by atoms with Gasteiger partial charge in [-0.3, -0.25) is 0 Å². The number of unbranched alkanes of at least 4 members (excludes halogenated alkanes) is 1. The predicted molar refractivity (Wildman–Crippen MR) is 85.7 cm³/mol. The van der Waals surface area contributed by atoms with Crippen molar-refractivity contribution in [1.82, 2.24) is 5.32 Å². The Labute approximate surface area is 121 Å². The molecular formula is C17H37NO. The van der Waals surface area contributed by atoms with Crippen LogP contribution in [0.1, 0.15) is 79.1 Å². The predicted octanol–water partition coefficient (Wildman–Crippen LogP) is 4.78. The summed E-state index contributed by atoms with van der Waals surface area (Å²) in [6.07, 6.45) is 10.5. The summed E-state index contributed by atoms with van der Waals surface area (Å²) in [5.74, 6) is 0.904. The van der Waals surface area contributed by atoms with E-state index < -0.39 is 0 Å². The molecule has 0 spiro atoms. The standard InChI is InChI=1S/C17H37NO/c1-5-9-11-16(7-3)15-17(18-13-6-2)12-10-14-19-8-4/h16-18H,5-15H2,1-4H3. The van der Waals surface area contributed by atoms with Crippen LogP contribution in [0.15, 0.2) is 0 Å². The summed E-state index contributed by atoms with van der Waals surface area (Å²) in [4.78, 5) is 0. The Morgan fingerprint density at radius 1 is 0.947 bits per heavy atom. The first-order chi connectivity index (χ1) is 9.28. The zero-order valence-electron chi connectivity index (χ0n) is 13.8. The summed E-state index contributed by atoms with van der Waals surface area (Å²) in [5.41, 5.74) is 0. The van der Waals surface area contributed by atoms with Gasteiger partial charge in [0.25, 0.3) is 0 Å². The van der Waals surface area contributed by atoms with Crippen LogP contribution in [0.2, 0.25) is 0 Å². The van der Waals surface area contributed by atoms with Crippen molar-refractivity contribution in [3.05, 3.63) is 0 Å². The third-order valence-corrected chi connectivity index (χ3v) is 3.89. The quantitative estimate of drug-likeness (QED) is 0.459. The lowest BCUT2D eigenvalue weighted by atomic mass is 9.90. The fraction of sp³-hybridized carbons (Fsp3) is 1.00. The Bertz CT molecular complexity index is 173. The van der Waals surface area contributed by atoms with E-state index in [1.807, 2.05) is 0 Å². The highest BCUT2D eigenvalue weighted by atomic mass is 16.5. The van der Waals surface area contributed by atoms with Crippen molar-refractivity contribution in [3.8, 4) is 0 Å². The van der Waals surface area contributed by atoms with Gasteiger partial charge in [-0.15, -0.1) is 0 Å². The van der Waals surface area contributed by atoms with Gasteiger partial charge in [0, 0.05) is 19.3 Å². The molecular weight excluding hydrogens is 234 g/mol. The Morgan fingerprint density at radius 2 is 1.74 bits per heavy atom. The second-order valence-electron chi connectivity index (χ2n) is 5.64. The molecule has 0 saturated heterocycles. The van der Waals surface area contributed by atoms with Crippen LogP contribution in [-0.2, 0) is 4.74 Å². The first-order valence-corrected chi connectivity index (χ1v) is 8.59. The Hall–Kier alpha value is -0.0800. The van der Waals surface area contributed by atoms with Gasteiger partial charge in [-0.05, 0) is 45.1 Å². The van der Waals surface area contributed by atoms with E-state index in [0.717, 1.165) is 25.7 Å². The number of hydrogen-bond donors (Lipinski definition) is 1. The van der Waals surface area contributed by atoms with Gasteiger partial charge in [0.2, 0.25) is 0 Å². The Balaban J connectivity index is 3.99. The minimum absolute atomic E-state index is 0.696. The fourth-order valence-electron chi connectivity index (χ4n) is 2.61. The third kappa shape index (κ3) is 11.4. The number of rotatable bonds is 14. The molecule has 2 atom stereocenters. The van der Waals surface area contributed by atoms with Crippen molar-refractivity contribution in [2.75, 3.05) is 19.8 Å². The zero-order chi connectivity index (χ0) is 14.3. The smallest absolute Gasteiger partial charge is 0.0466 e. The minimum atomic E-state index is 0.696. The molecule has 0 heterocycles. The molecule has 0 bridgehead atoms. The van der Waals surface area contributed by atoms with Crippen LogP contribution in [-0.4, -0.2) is 25.8 Å². The Morgan fingerprint density at radius 3 is 2.32 bits per heavy atom. The zero-order valence-corrected chi connectivity index (χ0v) is 13.8. The summed E-state index contributed by atoms with van der Waals surface area (Å²) in [7, 11) is 0. The lowest BCUT2D eigenvalue weighted by molar-refractivity contribution is 0.139. The fourth-order valence-corrected chi connectivity index (χ4v) is 2.61. The Kier molecular flexibility index (Phi) is 14.3. The molecule has 2 unspecified atom stereocenters. The molecule has 0 aromatic heterocycles. The molecule has 0 aliphatic carbocycles. The average molecular weight is 271 g/mol. The van der Waals surface area contributed by atoms with Crippen LogP contribution in [0, 0.1) is 5.92 Å². The van der Waals surface area contributed by atoms with Crippen molar-refractivity contribution in [1.29, 1.82) is 0 Å². The molecule has 0 rings (SSSR count). The second kappa shape index (κ2) is 14.3. The molecule has 0 aromatic carbocycles. The monoisotopic (exact) mass is 271 g/mol. The maximum absolute atomic E-state index is 5.46. The minimum Gasteiger partial charge on any atom is -0.382 e. The van der Waals surface area contributed by atoms with Gasteiger partial charge >= 0.3 is 0 Å². The third-order valence-electron chi connectivity index (χ3n) is 3.89. The normalized spacial score (nSPS) is 14.5. The van der Waals surface area contributed by atoms with Gasteiger partial charge in [-0.2, -0.15) is 0 Å². The van der Waals surface area contributed by atoms with E-state index in [1.54, 1.807) is 0 Å². The molecule has 2 heteroatoms. The molecule has 1 N–H and O–H groups in total. The first kappa shape index (κ1) is 18.9. The van der Waals surface area contributed by atoms with Crippen molar-refractivity contribution >= 4 is 0 Å². The highest BCUT2D eigenvalue weighted by Crippen LogP contribution is 2.20. The van der Waals surface area contributed by atoms with E-state index in [4.69, 9.17) is 4.74 Å². The average Bonchev–Trinajstić information content (AvgIpc) is 2.44. The van der Waals surface area contributed by atoms with E-state index in [0.29, 0.717) is 6.04 Å². The van der Waals surface area contributed by atoms with Gasteiger partial charge in [0.05, 0.1) is 0 Å². The van der Waals surface area contributed by atoms with E-state index in [1.165, 1.54) is 51.4 Å². The topological polar surface area (TPSA) is 21.3 Å². The van der Waals surface area contributed by atoms with Crippen LogP contribution in [0.5, 0.6) is 0 Å². The lowest BCUT2D eigenvalue weighted by Crippen LogP contribution is -2.32. The molecule has 116 valence electrons. The van der Waals surface area contributed by atoms with Gasteiger partial charge < -0.3 is 10.1 Å². The lowest BCUT2D eigenvalue weighted by Gasteiger charge is -2.24. The highest BCUT2D eigenvalue weighted by Gasteiger charge is 2.14. The summed E-state index contributed by atoms with van der Waals surface area (Å²) >= 11 is 0. The highest BCUT2D eigenvalue weighted by molar-refractivity contribution is 4.72. The molecule has 0 saturated carbocycles. The largest absolute Gasteiger partial charge is 0.382 e. The number of ether oxygens (including phenoxy) is 1. The van der Waals surface area contributed by atoms with Crippen molar-refractivity contribution in [2.24, 2.45) is 5.92 Å². The maximum Gasteiger partial charge on any atom is 0.0466 e. The van der Waals surface area contributed by atoms with Crippen LogP contribution in [0.3, 0.4) is 0 Å². The first-order valence-electron chi connectivity index (χ1n) is 8.59. The summed E-state index contributed by atoms with van der Waals surface area (Å²) in [5, 5.41) is 3.73. The summed E-state index contributed by atoms with van der Waals surface area (Å²) in [6, 6.07) is 0.696. The van der Waals surface area contributed by atoms with Gasteiger partial charge in [-0.25, -0.2) is 0 Å². The van der Waals surface area contributed by atoms with Gasteiger partial charge in [0.15, 0.2) is 0 Å². The van der Waals surface area contributed by atoms with Crippen molar-refractivity contribution in [3.63, 3.8) is 0 Å². The van der Waals surface area contributed by atoms with E-state index >= 15 is 0 Å². The van der Waals surface area contributed by atoms with Crippen LogP contribution in [0.4, 0.5) is 0 Å². The van der Waals surface area contributed by atoms with Crippen LogP contribution in [0.25, 0.3) is 0 Å². The molecule has 0 aliphatic heterocycles. The SMILES string of the molecule is CCCCC(CC)CC(CCCOCC)NCCC. The molecule has 2 nitrogen and oxygen atoms in total. The molecule has 0 amide bonds. The van der Waals surface area contributed by atoms with Crippen molar-refractivity contribution < 1.29 is 4.74 Å². The summed E-state index contributed by atoms with van der Waals surface area (Å²) in [6.45, 7) is 11.9. The number of hydrogen-bond acceptors (Lipinski definition) is 2.